The first-order chi connectivity index (χ1) is 9.16. The number of carboxylic acid groups (broad SMARTS) is 1. The van der Waals surface area contributed by atoms with E-state index in [1.165, 1.54) is 0 Å². The number of rotatable bonds is 4. The monoisotopic (exact) mass is 260 g/mol. The van der Waals surface area contributed by atoms with Gasteiger partial charge in [-0.05, 0) is 50.4 Å². The number of anilines is 1. The summed E-state index contributed by atoms with van der Waals surface area (Å²) in [4.78, 5) is 11.3. The van der Waals surface area contributed by atoms with Gasteiger partial charge in [-0.3, -0.25) is 0 Å². The first-order valence-corrected chi connectivity index (χ1v) is 6.65. The Bertz CT molecular complexity index is 477. The van der Waals surface area contributed by atoms with Crippen LogP contribution >= 0.6 is 0 Å². The fourth-order valence-corrected chi connectivity index (χ4v) is 2.27. The van der Waals surface area contributed by atoms with Gasteiger partial charge in [0.05, 0.1) is 0 Å². The summed E-state index contributed by atoms with van der Waals surface area (Å²) in [5, 5.41) is 15.6. The van der Waals surface area contributed by atoms with Gasteiger partial charge in [0.2, 0.25) is 0 Å². The summed E-state index contributed by atoms with van der Waals surface area (Å²) in [5.41, 5.74) is 2.17. The van der Waals surface area contributed by atoms with Crippen LogP contribution in [0.2, 0.25) is 0 Å². The number of benzene rings is 1. The summed E-state index contributed by atoms with van der Waals surface area (Å²) >= 11 is 0. The number of carbonyl (C=O) groups is 1. The Hall–Kier alpha value is -1.81. The van der Waals surface area contributed by atoms with E-state index in [1.54, 1.807) is 0 Å². The lowest BCUT2D eigenvalue weighted by atomic mass is 9.97. The maximum Gasteiger partial charge on any atom is 0.351 e. The number of carboxylic acids is 1. The Kier molecular flexibility index (Phi) is 4.58. The van der Waals surface area contributed by atoms with E-state index in [9.17, 15) is 9.90 Å². The highest BCUT2D eigenvalue weighted by atomic mass is 16.4. The van der Waals surface area contributed by atoms with Gasteiger partial charge < -0.3 is 15.7 Å². The maximum atomic E-state index is 11.3. The molecular formula is C15H20N2O2. The first-order valence-electron chi connectivity index (χ1n) is 6.65. The second-order valence-electron chi connectivity index (χ2n) is 4.91. The van der Waals surface area contributed by atoms with Crippen molar-refractivity contribution < 1.29 is 9.90 Å². The van der Waals surface area contributed by atoms with Crippen molar-refractivity contribution in [2.24, 2.45) is 5.92 Å². The number of para-hydroxylation sites is 1. The van der Waals surface area contributed by atoms with Crippen molar-refractivity contribution in [3.8, 4) is 0 Å². The maximum absolute atomic E-state index is 11.3. The average molecular weight is 260 g/mol. The topological polar surface area (TPSA) is 61.4 Å². The number of hydrogen-bond acceptors (Lipinski definition) is 3. The van der Waals surface area contributed by atoms with Crippen molar-refractivity contribution in [2.45, 2.75) is 19.8 Å². The lowest BCUT2D eigenvalue weighted by Crippen LogP contribution is -2.27. The van der Waals surface area contributed by atoms with Crippen molar-refractivity contribution in [1.29, 1.82) is 0 Å². The van der Waals surface area contributed by atoms with E-state index in [0.29, 0.717) is 5.92 Å². The van der Waals surface area contributed by atoms with Crippen LogP contribution in [-0.4, -0.2) is 24.2 Å². The van der Waals surface area contributed by atoms with Crippen LogP contribution in [0.4, 0.5) is 5.69 Å². The summed E-state index contributed by atoms with van der Waals surface area (Å²) in [7, 11) is 0. The number of aliphatic carboxylic acids is 1. The van der Waals surface area contributed by atoms with Crippen molar-refractivity contribution in [3.05, 3.63) is 41.6 Å². The normalized spacial score (nSPS) is 17.2. The highest BCUT2D eigenvalue weighted by molar-refractivity contribution is 5.90. The molecular weight excluding hydrogens is 240 g/mol. The second kappa shape index (κ2) is 6.38. The van der Waals surface area contributed by atoms with Crippen LogP contribution in [0.5, 0.6) is 0 Å². The molecule has 1 saturated heterocycles. The minimum absolute atomic E-state index is 0.279. The summed E-state index contributed by atoms with van der Waals surface area (Å²) in [6.45, 7) is 3.88. The lowest BCUT2D eigenvalue weighted by molar-refractivity contribution is -0.132. The van der Waals surface area contributed by atoms with E-state index >= 15 is 0 Å². The van der Waals surface area contributed by atoms with E-state index in [1.807, 2.05) is 37.3 Å². The molecule has 0 bridgehead atoms. The Labute approximate surface area is 113 Å². The van der Waals surface area contributed by atoms with Crippen LogP contribution in [0.15, 0.2) is 36.0 Å². The van der Waals surface area contributed by atoms with Gasteiger partial charge in [-0.1, -0.05) is 24.3 Å². The molecule has 0 spiro atoms. The zero-order valence-electron chi connectivity index (χ0n) is 11.1. The van der Waals surface area contributed by atoms with Gasteiger partial charge in [-0.15, -0.1) is 0 Å². The zero-order chi connectivity index (χ0) is 13.7. The molecule has 1 aromatic carbocycles. The molecule has 0 aliphatic carbocycles. The third-order valence-corrected chi connectivity index (χ3v) is 3.43. The van der Waals surface area contributed by atoms with Gasteiger partial charge in [0.25, 0.3) is 0 Å². The molecule has 19 heavy (non-hydrogen) atoms. The predicted molar refractivity (Wildman–Crippen MR) is 76.1 cm³/mol. The van der Waals surface area contributed by atoms with Crippen LogP contribution < -0.4 is 10.6 Å². The van der Waals surface area contributed by atoms with E-state index < -0.39 is 5.97 Å². The summed E-state index contributed by atoms with van der Waals surface area (Å²) in [6, 6.07) is 7.71. The van der Waals surface area contributed by atoms with Crippen LogP contribution in [0.25, 0.3) is 0 Å². The molecule has 2 rings (SSSR count). The minimum atomic E-state index is -0.901. The van der Waals surface area contributed by atoms with E-state index in [-0.39, 0.29) is 5.70 Å². The van der Waals surface area contributed by atoms with Gasteiger partial charge in [-0.2, -0.15) is 0 Å². The summed E-state index contributed by atoms with van der Waals surface area (Å²) < 4.78 is 0. The quantitative estimate of drug-likeness (QED) is 0.727. The third kappa shape index (κ3) is 3.83. The standard InChI is InChI=1S/C15H20N2O2/c1-11-4-2-3-5-13(11)17-14(15(18)19)10-12-6-8-16-9-7-12/h2-5,10,12,16-17H,6-9H2,1H3,(H,18,19)/b14-10+. The third-order valence-electron chi connectivity index (χ3n) is 3.43. The van der Waals surface area contributed by atoms with Crippen LogP contribution in [0.1, 0.15) is 18.4 Å². The van der Waals surface area contributed by atoms with Gasteiger partial charge in [0, 0.05) is 5.69 Å². The highest BCUT2D eigenvalue weighted by Gasteiger charge is 2.15. The van der Waals surface area contributed by atoms with Crippen LogP contribution in [0, 0.1) is 12.8 Å². The second-order valence-corrected chi connectivity index (χ2v) is 4.91. The Morgan fingerprint density at radius 2 is 2.05 bits per heavy atom. The molecule has 0 atom stereocenters. The van der Waals surface area contributed by atoms with Crippen molar-refractivity contribution in [2.75, 3.05) is 18.4 Å². The first kappa shape index (κ1) is 13.6. The van der Waals surface area contributed by atoms with Crippen molar-refractivity contribution in [3.63, 3.8) is 0 Å². The van der Waals surface area contributed by atoms with Gasteiger partial charge in [0.15, 0.2) is 0 Å². The molecule has 1 heterocycles. The van der Waals surface area contributed by atoms with Gasteiger partial charge >= 0.3 is 5.97 Å². The highest BCUT2D eigenvalue weighted by Crippen LogP contribution is 2.19. The number of allylic oxidation sites excluding steroid dienone is 1. The zero-order valence-corrected chi connectivity index (χ0v) is 11.1. The van der Waals surface area contributed by atoms with Crippen LogP contribution in [-0.2, 0) is 4.79 Å². The Balaban J connectivity index is 2.14. The largest absolute Gasteiger partial charge is 0.477 e. The molecule has 3 N–H and O–H groups in total. The summed E-state index contributed by atoms with van der Waals surface area (Å²) in [5.74, 6) is -0.564. The van der Waals surface area contributed by atoms with E-state index in [0.717, 1.165) is 37.2 Å². The molecule has 4 nitrogen and oxygen atoms in total. The number of nitrogens with one attached hydrogen (secondary N) is 2. The van der Waals surface area contributed by atoms with Crippen molar-refractivity contribution in [1.82, 2.24) is 5.32 Å². The van der Waals surface area contributed by atoms with Gasteiger partial charge in [0.1, 0.15) is 5.70 Å². The predicted octanol–water partition coefficient (Wildman–Crippen LogP) is 2.38. The molecule has 0 aromatic heterocycles. The minimum Gasteiger partial charge on any atom is -0.477 e. The molecule has 1 aliphatic heterocycles. The molecule has 0 amide bonds. The Morgan fingerprint density at radius 1 is 1.37 bits per heavy atom. The lowest BCUT2D eigenvalue weighted by Gasteiger charge is -2.20. The van der Waals surface area contributed by atoms with E-state index in [2.05, 4.69) is 10.6 Å². The molecule has 4 heteroatoms. The number of aryl methyl sites for hydroxylation is 1. The van der Waals surface area contributed by atoms with E-state index in [4.69, 9.17) is 0 Å². The number of hydrogen-bond donors (Lipinski definition) is 3. The molecule has 1 fully saturated rings. The van der Waals surface area contributed by atoms with Crippen molar-refractivity contribution >= 4 is 11.7 Å². The molecule has 1 aromatic rings. The van der Waals surface area contributed by atoms with Gasteiger partial charge in [-0.25, -0.2) is 4.79 Å². The SMILES string of the molecule is Cc1ccccc1N/C(=C/C1CCNCC1)C(=O)O. The summed E-state index contributed by atoms with van der Waals surface area (Å²) in [6.07, 6.45) is 3.84. The molecule has 0 unspecified atom stereocenters. The smallest absolute Gasteiger partial charge is 0.351 e. The number of piperidine rings is 1. The van der Waals surface area contributed by atoms with Crippen LogP contribution in [0.3, 0.4) is 0 Å². The molecule has 0 saturated carbocycles. The molecule has 1 aliphatic rings. The fourth-order valence-electron chi connectivity index (χ4n) is 2.27. The average Bonchev–Trinajstić information content (AvgIpc) is 2.41. The molecule has 0 radical (unpaired) electrons. The fraction of sp³-hybridized carbons (Fsp3) is 0.400. The molecule has 102 valence electrons. The Morgan fingerprint density at radius 3 is 2.68 bits per heavy atom.